The van der Waals surface area contributed by atoms with Crippen molar-refractivity contribution in [3.63, 3.8) is 0 Å². The van der Waals surface area contributed by atoms with Crippen molar-refractivity contribution in [3.05, 3.63) is 41.5 Å². The predicted molar refractivity (Wildman–Crippen MR) is 80.1 cm³/mol. The summed E-state index contributed by atoms with van der Waals surface area (Å²) in [7, 11) is 0. The zero-order valence-corrected chi connectivity index (χ0v) is 15.4. The first-order valence-corrected chi connectivity index (χ1v) is 21.0. The van der Waals surface area contributed by atoms with Crippen LogP contribution in [0.3, 0.4) is 0 Å². The fourth-order valence-corrected chi connectivity index (χ4v) is 13.7. The van der Waals surface area contributed by atoms with Gasteiger partial charge in [0.1, 0.15) is 0 Å². The van der Waals surface area contributed by atoms with E-state index in [0.717, 1.165) is 0 Å². The molecule has 1 aliphatic rings. The van der Waals surface area contributed by atoms with Gasteiger partial charge in [0.2, 0.25) is 0 Å². The average molecular weight is 502 g/mol. The number of hydrogen-bond donors (Lipinski definition) is 0. The first-order valence-electron chi connectivity index (χ1n) is 5.18. The summed E-state index contributed by atoms with van der Waals surface area (Å²) in [6.45, 7) is 2.30. The molecule has 0 radical (unpaired) electrons. The molecule has 0 heterocycles. The molecule has 0 spiro atoms. The molecule has 1 aliphatic carbocycles. The van der Waals surface area contributed by atoms with E-state index in [2.05, 4.69) is 79.4 Å². The molecular weight excluding hydrogens is 489 g/mol. The Morgan fingerprint density at radius 1 is 1.27 bits per heavy atom. The molecule has 1 atom stereocenters. The van der Waals surface area contributed by atoms with Gasteiger partial charge in [0, 0.05) is 0 Å². The standard InChI is InChI=1S/C12H13.2HI.Zr/c1-2-5-10-8-9-11-6-3-4-7-12(10)11;;;/h3-4,6-9H,2,5H2,1H3;2*1H;/q;;;+2/p-2. The first kappa shape index (κ1) is 12.8. The van der Waals surface area contributed by atoms with Crippen LogP contribution in [0.25, 0.3) is 6.08 Å². The third-order valence-electron chi connectivity index (χ3n) is 2.97. The molecule has 3 heteroatoms. The molecule has 0 aromatic heterocycles. The number of fused-ring (bicyclic) bond motifs is 1. The van der Waals surface area contributed by atoms with E-state index in [9.17, 15) is 0 Å². The second kappa shape index (κ2) is 5.30. The normalized spacial score (nSPS) is 22.9. The Bertz CT molecular complexity index is 387. The molecule has 1 aromatic carbocycles. The third kappa shape index (κ3) is 2.30. The fraction of sp³-hybridized carbons (Fsp3) is 0.333. The van der Waals surface area contributed by atoms with Gasteiger partial charge in [0.15, 0.2) is 0 Å². The van der Waals surface area contributed by atoms with Crippen molar-refractivity contribution in [2.24, 2.45) is 0 Å². The first-order chi connectivity index (χ1) is 7.20. The van der Waals surface area contributed by atoms with Gasteiger partial charge in [-0.2, -0.15) is 0 Å². The van der Waals surface area contributed by atoms with Gasteiger partial charge in [-0.25, -0.2) is 0 Å². The van der Waals surface area contributed by atoms with E-state index in [1.54, 1.807) is 5.56 Å². The van der Waals surface area contributed by atoms with Crippen LogP contribution >= 0.6 is 36.1 Å². The molecule has 0 saturated carbocycles. The quantitative estimate of drug-likeness (QED) is 0.510. The van der Waals surface area contributed by atoms with Crippen LogP contribution in [0.5, 0.6) is 0 Å². The molecule has 1 unspecified atom stereocenters. The molecule has 1 aromatic rings. The summed E-state index contributed by atoms with van der Waals surface area (Å²) in [5.74, 6) is 0. The molecule has 0 fully saturated rings. The van der Waals surface area contributed by atoms with Crippen LogP contribution in [0.15, 0.2) is 30.3 Å². The minimum atomic E-state index is -1.33. The molecule has 2 rings (SSSR count). The van der Waals surface area contributed by atoms with Crippen molar-refractivity contribution in [1.29, 1.82) is 0 Å². The van der Waals surface area contributed by atoms with Crippen molar-refractivity contribution in [2.75, 3.05) is 0 Å². The van der Waals surface area contributed by atoms with E-state index in [1.165, 1.54) is 18.4 Å². The number of halogens is 2. The van der Waals surface area contributed by atoms with E-state index in [4.69, 9.17) is 0 Å². The Balaban J connectivity index is 2.49. The maximum atomic E-state index is 2.75. The van der Waals surface area contributed by atoms with Gasteiger partial charge in [0.25, 0.3) is 0 Å². The van der Waals surface area contributed by atoms with Crippen molar-refractivity contribution in [1.82, 2.24) is 0 Å². The van der Waals surface area contributed by atoms with Crippen LogP contribution in [0.4, 0.5) is 0 Å². The molecule has 0 bridgehead atoms. The fourth-order valence-electron chi connectivity index (χ4n) is 2.24. The topological polar surface area (TPSA) is 0 Å². The summed E-state index contributed by atoms with van der Waals surface area (Å²) in [4.78, 5) is 0. The van der Waals surface area contributed by atoms with E-state index in [-0.39, 0.29) is 0 Å². The summed E-state index contributed by atoms with van der Waals surface area (Å²) in [6, 6.07) is 8.93. The van der Waals surface area contributed by atoms with Crippen LogP contribution in [-0.4, -0.2) is 0 Å². The summed E-state index contributed by atoms with van der Waals surface area (Å²) in [6.07, 6.45) is 7.45. The molecule has 0 N–H and O–H groups in total. The Kier molecular flexibility index (Phi) is 4.51. The maximum absolute atomic E-state index is 2.75. The van der Waals surface area contributed by atoms with Crippen molar-refractivity contribution >= 4 is 42.2 Å². The Hall–Kier alpha value is 1.30. The summed E-state index contributed by atoms with van der Waals surface area (Å²) in [5.41, 5.74) is 3.06. The van der Waals surface area contributed by atoms with Gasteiger partial charge in [-0.05, 0) is 0 Å². The number of benzene rings is 1. The van der Waals surface area contributed by atoms with Gasteiger partial charge in [-0.15, -0.1) is 0 Å². The van der Waals surface area contributed by atoms with E-state index >= 15 is 0 Å². The molecule has 0 saturated heterocycles. The van der Waals surface area contributed by atoms with Crippen LogP contribution in [0.1, 0.15) is 30.9 Å². The molecule has 0 aliphatic heterocycles. The Labute approximate surface area is 118 Å². The SMILES string of the molecule is CCC[C]1([Zr]([I])[I])C=Cc2ccccc21. The number of rotatable bonds is 3. The molecular formula is C12H13I2Zr. The average Bonchev–Trinajstić information content (AvgIpc) is 2.60. The van der Waals surface area contributed by atoms with Gasteiger partial charge >= 0.3 is 120 Å². The van der Waals surface area contributed by atoms with Gasteiger partial charge in [0.05, 0.1) is 0 Å². The minimum absolute atomic E-state index is 0.467. The Morgan fingerprint density at radius 3 is 2.67 bits per heavy atom. The molecule has 0 amide bonds. The molecule has 15 heavy (non-hydrogen) atoms. The third-order valence-corrected chi connectivity index (χ3v) is 17.7. The van der Waals surface area contributed by atoms with E-state index in [1.807, 2.05) is 0 Å². The second-order valence-corrected chi connectivity index (χ2v) is 32.4. The van der Waals surface area contributed by atoms with E-state index < -0.39 is 13.4 Å². The van der Waals surface area contributed by atoms with Crippen LogP contribution in [0.2, 0.25) is 0 Å². The molecule has 79 valence electrons. The Morgan fingerprint density at radius 2 is 2.00 bits per heavy atom. The number of hydrogen-bond acceptors (Lipinski definition) is 0. The second-order valence-electron chi connectivity index (χ2n) is 3.90. The van der Waals surface area contributed by atoms with Gasteiger partial charge < -0.3 is 0 Å². The van der Waals surface area contributed by atoms with E-state index in [0.29, 0.717) is 3.12 Å². The van der Waals surface area contributed by atoms with Gasteiger partial charge in [-0.3, -0.25) is 0 Å². The summed E-state index contributed by atoms with van der Waals surface area (Å²) in [5, 5.41) is 0. The van der Waals surface area contributed by atoms with Crippen LogP contribution in [0, 0.1) is 0 Å². The van der Waals surface area contributed by atoms with Crippen LogP contribution in [-0.2, 0) is 16.5 Å². The number of allylic oxidation sites excluding steroid dienone is 1. The van der Waals surface area contributed by atoms with Crippen molar-refractivity contribution in [2.45, 2.75) is 22.9 Å². The van der Waals surface area contributed by atoms with Crippen molar-refractivity contribution < 1.29 is 13.4 Å². The molecule has 0 nitrogen and oxygen atoms in total. The summed E-state index contributed by atoms with van der Waals surface area (Å²) >= 11 is 4.17. The summed E-state index contributed by atoms with van der Waals surface area (Å²) < 4.78 is 0.467. The zero-order valence-electron chi connectivity index (χ0n) is 8.63. The monoisotopic (exact) mass is 501 g/mol. The van der Waals surface area contributed by atoms with Crippen molar-refractivity contribution in [3.8, 4) is 0 Å². The van der Waals surface area contributed by atoms with Crippen LogP contribution < -0.4 is 0 Å². The predicted octanol–water partition coefficient (Wildman–Crippen LogP) is 5.03. The van der Waals surface area contributed by atoms with Gasteiger partial charge in [-0.1, -0.05) is 0 Å². The zero-order chi connectivity index (χ0) is 10.9.